The minimum atomic E-state index is -3.03. The van der Waals surface area contributed by atoms with Gasteiger partial charge in [0.25, 0.3) is 0 Å². The third-order valence-corrected chi connectivity index (χ3v) is 5.02. The molecule has 9 heteroatoms. The third-order valence-electron chi connectivity index (χ3n) is 5.02. The Morgan fingerprint density at radius 2 is 1.84 bits per heavy atom. The highest BCUT2D eigenvalue weighted by Gasteiger charge is 2.27. The summed E-state index contributed by atoms with van der Waals surface area (Å²) in [5.74, 6) is -1.59. The first-order valence-corrected chi connectivity index (χ1v) is 10.00. The lowest BCUT2D eigenvalue weighted by Gasteiger charge is -2.38. The van der Waals surface area contributed by atoms with Gasteiger partial charge in [-0.05, 0) is 49.2 Å². The zero-order chi connectivity index (χ0) is 29.3. The molecular weight excluding hydrogens is 414 g/mol. The summed E-state index contributed by atoms with van der Waals surface area (Å²) in [7, 11) is 0. The Morgan fingerprint density at radius 3 is 2.56 bits per heavy atom. The first-order chi connectivity index (χ1) is 18.6. The van der Waals surface area contributed by atoms with Gasteiger partial charge in [-0.15, -0.1) is 5.10 Å². The van der Waals surface area contributed by atoms with Crippen LogP contribution >= 0.6 is 0 Å². The van der Waals surface area contributed by atoms with E-state index in [0.717, 1.165) is 22.9 Å². The molecule has 0 saturated carbocycles. The van der Waals surface area contributed by atoms with Gasteiger partial charge in [-0.1, -0.05) is 0 Å². The summed E-state index contributed by atoms with van der Waals surface area (Å²) in [5.41, 5.74) is 0.738. The molecule has 0 spiro atoms. The molecule has 2 aliphatic heterocycles. The van der Waals surface area contributed by atoms with Crippen molar-refractivity contribution in [1.29, 1.82) is 0 Å². The fourth-order valence-corrected chi connectivity index (χ4v) is 3.51. The quantitative estimate of drug-likeness (QED) is 0.639. The predicted molar refractivity (Wildman–Crippen MR) is 121 cm³/mol. The van der Waals surface area contributed by atoms with E-state index >= 15 is 0 Å². The van der Waals surface area contributed by atoms with E-state index in [1.54, 1.807) is 13.0 Å². The average Bonchev–Trinajstić information content (AvgIpc) is 3.49. The number of nitrogens with zero attached hydrogens (tertiary/aromatic N) is 5. The smallest absolute Gasteiger partial charge is 0.246 e. The minimum Gasteiger partial charge on any atom is -0.380 e. The molecule has 2 saturated heterocycles. The van der Waals surface area contributed by atoms with Crippen molar-refractivity contribution in [2.45, 2.75) is 19.4 Å². The maximum absolute atomic E-state index is 13.6. The molecule has 3 heterocycles. The highest BCUT2D eigenvalue weighted by molar-refractivity contribution is 5.64. The van der Waals surface area contributed by atoms with E-state index in [0.29, 0.717) is 15.4 Å². The van der Waals surface area contributed by atoms with Gasteiger partial charge in [-0.2, -0.15) is 4.98 Å². The van der Waals surface area contributed by atoms with Crippen molar-refractivity contribution in [3.05, 3.63) is 59.9 Å². The van der Waals surface area contributed by atoms with Gasteiger partial charge in [0.15, 0.2) is 0 Å². The summed E-state index contributed by atoms with van der Waals surface area (Å²) in [6.45, 7) is -10.2. The number of aromatic nitrogens is 3. The Hall–Kier alpha value is -3.04. The van der Waals surface area contributed by atoms with Gasteiger partial charge in [0, 0.05) is 63.0 Å². The highest BCUT2D eigenvalue weighted by Crippen LogP contribution is 2.26. The molecule has 1 N–H and O–H groups in total. The SMILES string of the molecule is [2H]C1([2H])N(c2cc(C)cc(Nc3ncn(-c4cc(F)cc(F)c4)n3)c2)C([2H])([2H])C([2H])([2H])N(C2CCOC2)C1([2H])[2H].[HH]. The van der Waals surface area contributed by atoms with Gasteiger partial charge < -0.3 is 15.0 Å². The van der Waals surface area contributed by atoms with E-state index in [2.05, 4.69) is 15.4 Å². The number of hydrogen-bond acceptors (Lipinski definition) is 6. The van der Waals surface area contributed by atoms with Crippen LogP contribution in [0, 0.1) is 18.6 Å². The van der Waals surface area contributed by atoms with Gasteiger partial charge >= 0.3 is 0 Å². The van der Waals surface area contributed by atoms with Crippen LogP contribution in [0.4, 0.5) is 26.1 Å². The van der Waals surface area contributed by atoms with E-state index in [1.165, 1.54) is 18.5 Å². The maximum atomic E-state index is 13.6. The molecule has 2 aliphatic rings. The summed E-state index contributed by atoms with van der Waals surface area (Å²) >= 11 is 0. The van der Waals surface area contributed by atoms with Crippen molar-refractivity contribution < 1.29 is 25.9 Å². The van der Waals surface area contributed by atoms with Crippen LogP contribution in [0.3, 0.4) is 0 Å². The van der Waals surface area contributed by atoms with Crippen molar-refractivity contribution in [2.75, 3.05) is 49.4 Å². The second-order valence-corrected chi connectivity index (χ2v) is 7.49. The number of hydrogen-bond donors (Lipinski definition) is 1. The van der Waals surface area contributed by atoms with Crippen LogP contribution in [-0.2, 0) is 4.74 Å². The molecule has 0 radical (unpaired) electrons. The fourth-order valence-electron chi connectivity index (χ4n) is 3.51. The minimum absolute atomic E-state index is 0. The second-order valence-electron chi connectivity index (χ2n) is 7.49. The topological polar surface area (TPSA) is 58.5 Å². The second kappa shape index (κ2) is 8.84. The van der Waals surface area contributed by atoms with Crippen LogP contribution in [0.25, 0.3) is 5.69 Å². The molecule has 0 aliphatic carbocycles. The van der Waals surface area contributed by atoms with Crippen LogP contribution in [0.2, 0.25) is 0 Å². The van der Waals surface area contributed by atoms with E-state index in [9.17, 15) is 8.78 Å². The van der Waals surface area contributed by atoms with Crippen LogP contribution in [0.15, 0.2) is 42.7 Å². The van der Waals surface area contributed by atoms with E-state index in [1.807, 2.05) is 0 Å². The van der Waals surface area contributed by atoms with Gasteiger partial charge in [-0.3, -0.25) is 4.90 Å². The molecule has 7 nitrogen and oxygen atoms in total. The Bertz CT molecular complexity index is 1390. The van der Waals surface area contributed by atoms with Gasteiger partial charge in [-0.25, -0.2) is 13.5 Å². The summed E-state index contributed by atoms with van der Waals surface area (Å²) in [5, 5.41) is 7.02. The Morgan fingerprint density at radius 1 is 1.06 bits per heavy atom. The molecule has 3 aromatic rings. The maximum Gasteiger partial charge on any atom is 0.246 e. The lowest BCUT2D eigenvalue weighted by molar-refractivity contribution is 0.139. The molecule has 2 aromatic carbocycles. The largest absolute Gasteiger partial charge is 0.380 e. The molecule has 2 fully saturated rings. The van der Waals surface area contributed by atoms with Crippen LogP contribution in [-0.4, -0.2) is 64.9 Å². The number of anilines is 3. The summed E-state index contributed by atoms with van der Waals surface area (Å²) in [4.78, 5) is 5.19. The Kier molecular flexibility index (Phi) is 3.73. The van der Waals surface area contributed by atoms with Gasteiger partial charge in [0.05, 0.1) is 17.8 Å². The summed E-state index contributed by atoms with van der Waals surface area (Å²) in [6, 6.07) is 6.35. The van der Waals surface area contributed by atoms with E-state index in [4.69, 9.17) is 15.7 Å². The van der Waals surface area contributed by atoms with Crippen molar-refractivity contribution in [3.63, 3.8) is 0 Å². The highest BCUT2D eigenvalue weighted by atomic mass is 19.1. The molecule has 32 heavy (non-hydrogen) atoms. The first kappa shape index (κ1) is 13.5. The molecular formula is C23H28F2N6O. The van der Waals surface area contributed by atoms with Crippen molar-refractivity contribution in [1.82, 2.24) is 19.7 Å². The van der Waals surface area contributed by atoms with Gasteiger partial charge in [0.2, 0.25) is 5.95 Å². The Balaban J connectivity index is 0.00000387. The number of ether oxygens (including phenoxy) is 1. The van der Waals surface area contributed by atoms with Crippen LogP contribution < -0.4 is 10.2 Å². The monoisotopic (exact) mass is 450 g/mol. The van der Waals surface area contributed by atoms with Gasteiger partial charge in [0.1, 0.15) is 18.0 Å². The van der Waals surface area contributed by atoms with Crippen molar-refractivity contribution in [3.8, 4) is 5.69 Å². The predicted octanol–water partition coefficient (Wildman–Crippen LogP) is 3.75. The number of aryl methyl sites for hydroxylation is 1. The van der Waals surface area contributed by atoms with Crippen LogP contribution in [0.5, 0.6) is 0 Å². The zero-order valence-corrected chi connectivity index (χ0v) is 17.1. The summed E-state index contributed by atoms with van der Waals surface area (Å²) < 4.78 is 103. The number of benzene rings is 2. The number of piperazine rings is 1. The van der Waals surface area contributed by atoms with E-state index < -0.39 is 43.7 Å². The molecule has 1 aromatic heterocycles. The fraction of sp³-hybridized carbons (Fsp3) is 0.391. The lowest BCUT2D eigenvalue weighted by Crippen LogP contribution is -2.50. The molecule has 5 rings (SSSR count). The number of halogens is 2. The Labute approximate surface area is 198 Å². The third kappa shape index (κ3) is 4.58. The molecule has 170 valence electrons. The van der Waals surface area contributed by atoms with Crippen molar-refractivity contribution in [2.24, 2.45) is 0 Å². The molecule has 1 atom stereocenters. The number of rotatable bonds is 5. The zero-order valence-electron chi connectivity index (χ0n) is 25.1. The molecule has 0 bridgehead atoms. The standard InChI is InChI=1S/C23H26F2N6O.H2/c1-16-8-19(27-23-26-15-31(28-23)22-11-17(24)10-18(25)12-22)13-21(9-16)30-5-3-29(4-6-30)20-2-7-32-14-20;/h8-13,15,20H,2-7,14H2,1H3,(H,27,28);1H/i3D2,4D2,5D2,6D2;. The first-order valence-electron chi connectivity index (χ1n) is 14.0. The average molecular weight is 451 g/mol. The summed E-state index contributed by atoms with van der Waals surface area (Å²) in [6.07, 6.45) is 1.45. The van der Waals surface area contributed by atoms with E-state index in [-0.39, 0.29) is 44.1 Å². The molecule has 1 unspecified atom stereocenters. The normalized spacial score (nSPS) is 29.5. The lowest BCUT2D eigenvalue weighted by atomic mass is 10.1. The van der Waals surface area contributed by atoms with Crippen molar-refractivity contribution >= 4 is 17.3 Å². The number of nitrogens with one attached hydrogen (secondary N) is 1. The van der Waals surface area contributed by atoms with Crippen LogP contribution in [0.1, 0.15) is 24.4 Å². The molecule has 0 amide bonds.